The maximum absolute atomic E-state index is 6.02. The van der Waals surface area contributed by atoms with E-state index in [-0.39, 0.29) is 5.41 Å². The summed E-state index contributed by atoms with van der Waals surface area (Å²) in [5.74, 6) is 0.685. The molecule has 0 atom stereocenters. The van der Waals surface area contributed by atoms with E-state index in [2.05, 4.69) is 29.4 Å². The van der Waals surface area contributed by atoms with Crippen LogP contribution in [0.2, 0.25) is 0 Å². The molecule has 0 spiro atoms. The molecule has 1 N–H and O–H groups in total. The maximum atomic E-state index is 6.02. The third-order valence-corrected chi connectivity index (χ3v) is 4.29. The fourth-order valence-electron chi connectivity index (χ4n) is 1.37. The smallest absolute Gasteiger partial charge is 0.205 e. The average Bonchev–Trinajstić information content (AvgIpc) is 2.67. The van der Waals surface area contributed by atoms with Crippen molar-refractivity contribution >= 4 is 28.1 Å². The third-order valence-electron chi connectivity index (χ3n) is 2.92. The first-order chi connectivity index (χ1) is 7.15. The molecule has 3 nitrogen and oxygen atoms in total. The second kappa shape index (κ2) is 5.66. The zero-order valence-corrected chi connectivity index (χ0v) is 11.1. The van der Waals surface area contributed by atoms with Gasteiger partial charge in [0.05, 0.1) is 0 Å². The van der Waals surface area contributed by atoms with Gasteiger partial charge in [-0.1, -0.05) is 25.2 Å². The topological polar surface area (TPSA) is 37.8 Å². The molecule has 0 aliphatic carbocycles. The van der Waals surface area contributed by atoms with Crippen molar-refractivity contribution in [3.63, 3.8) is 0 Å². The van der Waals surface area contributed by atoms with E-state index >= 15 is 0 Å². The second-order valence-corrected chi connectivity index (χ2v) is 5.27. The minimum atomic E-state index is 0.182. The van der Waals surface area contributed by atoms with Crippen molar-refractivity contribution in [1.82, 2.24) is 10.2 Å². The van der Waals surface area contributed by atoms with Crippen molar-refractivity contribution in [2.75, 3.05) is 17.7 Å². The number of nitrogens with one attached hydrogen (secondary N) is 1. The van der Waals surface area contributed by atoms with Gasteiger partial charge < -0.3 is 5.32 Å². The van der Waals surface area contributed by atoms with Crippen molar-refractivity contribution in [1.29, 1.82) is 0 Å². The molecule has 1 aromatic rings. The van der Waals surface area contributed by atoms with Crippen molar-refractivity contribution in [3.8, 4) is 0 Å². The lowest BCUT2D eigenvalue weighted by molar-refractivity contribution is 0.327. The van der Waals surface area contributed by atoms with Crippen molar-refractivity contribution < 1.29 is 0 Å². The van der Waals surface area contributed by atoms with Crippen molar-refractivity contribution in [2.45, 2.75) is 33.6 Å². The minimum absolute atomic E-state index is 0.182. The van der Waals surface area contributed by atoms with Crippen LogP contribution in [0.4, 0.5) is 5.13 Å². The number of aryl methyl sites for hydroxylation is 1. The molecule has 86 valence electrons. The summed E-state index contributed by atoms with van der Waals surface area (Å²) in [6.45, 7) is 7.19. The van der Waals surface area contributed by atoms with Gasteiger partial charge in [-0.05, 0) is 19.8 Å². The molecule has 0 bridgehead atoms. The fourth-order valence-corrected chi connectivity index (χ4v) is 2.43. The van der Waals surface area contributed by atoms with Crippen LogP contribution < -0.4 is 5.32 Å². The van der Waals surface area contributed by atoms with E-state index in [1.165, 1.54) is 0 Å². The summed E-state index contributed by atoms with van der Waals surface area (Å²) < 4.78 is 0. The zero-order chi connectivity index (χ0) is 11.3. The highest BCUT2D eigenvalue weighted by Crippen LogP contribution is 2.28. The summed E-state index contributed by atoms with van der Waals surface area (Å²) in [7, 11) is 0. The molecule has 0 saturated carbocycles. The summed E-state index contributed by atoms with van der Waals surface area (Å²) in [6, 6.07) is 0. The first kappa shape index (κ1) is 12.7. The lowest BCUT2D eigenvalue weighted by Crippen LogP contribution is -2.30. The minimum Gasteiger partial charge on any atom is -0.359 e. The van der Waals surface area contributed by atoms with Crippen molar-refractivity contribution in [2.24, 2.45) is 5.41 Å². The predicted octanol–water partition coefficient (Wildman–Crippen LogP) is 3.30. The number of alkyl halides is 1. The Labute approximate surface area is 100 Å². The van der Waals surface area contributed by atoms with Gasteiger partial charge in [0.15, 0.2) is 0 Å². The molecule has 5 heteroatoms. The Kier molecular flexibility index (Phi) is 4.80. The Morgan fingerprint density at radius 2 is 2.00 bits per heavy atom. The lowest BCUT2D eigenvalue weighted by Gasteiger charge is -2.29. The normalized spacial score (nSPS) is 11.7. The highest BCUT2D eigenvalue weighted by molar-refractivity contribution is 7.15. The van der Waals surface area contributed by atoms with Crippen LogP contribution in [0.3, 0.4) is 0 Å². The first-order valence-corrected chi connectivity index (χ1v) is 6.61. The van der Waals surface area contributed by atoms with E-state index < -0.39 is 0 Å². The first-order valence-electron chi connectivity index (χ1n) is 5.25. The van der Waals surface area contributed by atoms with Gasteiger partial charge in [0.2, 0.25) is 5.13 Å². The Bertz CT molecular complexity index is 288. The molecule has 1 heterocycles. The highest BCUT2D eigenvalue weighted by atomic mass is 35.5. The van der Waals surface area contributed by atoms with Gasteiger partial charge in [0, 0.05) is 17.8 Å². The molecular weight excluding hydrogens is 230 g/mol. The van der Waals surface area contributed by atoms with Crippen molar-refractivity contribution in [3.05, 3.63) is 5.01 Å². The molecule has 1 aromatic heterocycles. The molecule has 1 rings (SSSR count). The fraction of sp³-hybridized carbons (Fsp3) is 0.800. The summed E-state index contributed by atoms with van der Waals surface area (Å²) in [6.07, 6.45) is 2.16. The van der Waals surface area contributed by atoms with Crippen LogP contribution in [-0.4, -0.2) is 22.6 Å². The molecule has 0 amide bonds. The standard InChI is InChI=1S/C10H18ClN3S/c1-4-10(5-2,6-11)7-12-9-14-13-8(3)15-9/h4-7H2,1-3H3,(H,12,14). The molecule has 15 heavy (non-hydrogen) atoms. The summed E-state index contributed by atoms with van der Waals surface area (Å²) in [5, 5.41) is 13.2. The Hall–Kier alpha value is -0.350. The maximum Gasteiger partial charge on any atom is 0.205 e. The summed E-state index contributed by atoms with van der Waals surface area (Å²) in [5.41, 5.74) is 0.182. The number of hydrogen-bond acceptors (Lipinski definition) is 4. The SMILES string of the molecule is CCC(CC)(CCl)CNc1nnc(C)s1. The number of hydrogen-bond donors (Lipinski definition) is 1. The van der Waals surface area contributed by atoms with E-state index in [4.69, 9.17) is 11.6 Å². The quantitative estimate of drug-likeness (QED) is 0.784. The lowest BCUT2D eigenvalue weighted by atomic mass is 9.84. The number of halogens is 1. The zero-order valence-electron chi connectivity index (χ0n) is 9.51. The molecule has 0 aliphatic heterocycles. The second-order valence-electron chi connectivity index (χ2n) is 3.82. The number of aromatic nitrogens is 2. The number of rotatable bonds is 6. The van der Waals surface area contributed by atoms with E-state index in [1.54, 1.807) is 11.3 Å². The van der Waals surface area contributed by atoms with Gasteiger partial charge >= 0.3 is 0 Å². The van der Waals surface area contributed by atoms with Gasteiger partial charge in [0.1, 0.15) is 5.01 Å². The van der Waals surface area contributed by atoms with Crippen LogP contribution in [0.15, 0.2) is 0 Å². The molecule has 0 fully saturated rings. The van der Waals surface area contributed by atoms with E-state index in [0.717, 1.165) is 29.5 Å². The summed E-state index contributed by atoms with van der Waals surface area (Å²) in [4.78, 5) is 0. The van der Waals surface area contributed by atoms with Crippen LogP contribution >= 0.6 is 22.9 Å². The number of nitrogens with zero attached hydrogens (tertiary/aromatic N) is 2. The Morgan fingerprint density at radius 1 is 1.33 bits per heavy atom. The Balaban J connectivity index is 2.54. The molecule has 0 radical (unpaired) electrons. The molecule has 0 aromatic carbocycles. The van der Waals surface area contributed by atoms with Crippen LogP contribution in [0, 0.1) is 12.3 Å². The van der Waals surface area contributed by atoms with Gasteiger partial charge in [-0.25, -0.2) is 0 Å². The monoisotopic (exact) mass is 247 g/mol. The Morgan fingerprint density at radius 3 is 2.40 bits per heavy atom. The van der Waals surface area contributed by atoms with Gasteiger partial charge in [0.25, 0.3) is 0 Å². The van der Waals surface area contributed by atoms with Crippen LogP contribution in [0.25, 0.3) is 0 Å². The van der Waals surface area contributed by atoms with Crippen LogP contribution in [0.1, 0.15) is 31.7 Å². The van der Waals surface area contributed by atoms with Gasteiger partial charge in [-0.2, -0.15) is 0 Å². The highest BCUT2D eigenvalue weighted by Gasteiger charge is 2.25. The molecular formula is C10H18ClN3S. The van der Waals surface area contributed by atoms with Gasteiger partial charge in [-0.3, -0.25) is 0 Å². The molecule has 0 unspecified atom stereocenters. The van der Waals surface area contributed by atoms with E-state index in [0.29, 0.717) is 5.88 Å². The predicted molar refractivity (Wildman–Crippen MR) is 66.9 cm³/mol. The molecule has 0 saturated heterocycles. The largest absolute Gasteiger partial charge is 0.359 e. The van der Waals surface area contributed by atoms with E-state index in [1.807, 2.05) is 6.92 Å². The third kappa shape index (κ3) is 3.31. The summed E-state index contributed by atoms with van der Waals surface area (Å²) >= 11 is 7.61. The average molecular weight is 248 g/mol. The van der Waals surface area contributed by atoms with E-state index in [9.17, 15) is 0 Å². The van der Waals surface area contributed by atoms with Crippen LogP contribution in [0.5, 0.6) is 0 Å². The van der Waals surface area contributed by atoms with Crippen LogP contribution in [-0.2, 0) is 0 Å². The molecule has 0 aliphatic rings. The van der Waals surface area contributed by atoms with Gasteiger partial charge in [-0.15, -0.1) is 21.8 Å². The number of anilines is 1.